The Labute approximate surface area is 89.7 Å². The minimum absolute atomic E-state index is 0.456. The molecule has 0 saturated carbocycles. The van der Waals surface area contributed by atoms with Gasteiger partial charge in [-0.15, -0.1) is 0 Å². The summed E-state index contributed by atoms with van der Waals surface area (Å²) in [6.45, 7) is 7.71. The highest BCUT2D eigenvalue weighted by atomic mass is 16.6. The maximum Gasteiger partial charge on any atom is 0.426 e. The molecule has 3 N–H and O–H groups in total. The zero-order valence-electron chi connectivity index (χ0n) is 9.64. The van der Waals surface area contributed by atoms with Gasteiger partial charge in [0.25, 0.3) is 0 Å². The first-order valence-electron chi connectivity index (χ1n) is 4.88. The summed E-state index contributed by atoms with van der Waals surface area (Å²) in [4.78, 5) is 22.0. The molecule has 0 bridgehead atoms. The largest absolute Gasteiger partial charge is 0.443 e. The Balaban J connectivity index is 3.67. The summed E-state index contributed by atoms with van der Waals surface area (Å²) in [5.74, 6) is 0. The first-order chi connectivity index (χ1) is 6.85. The highest BCUT2D eigenvalue weighted by Gasteiger charge is 2.16. The third kappa shape index (κ3) is 8.86. The average molecular weight is 217 g/mol. The fraction of sp³-hybridized carbons (Fsp3) is 0.778. The first kappa shape index (κ1) is 13.5. The third-order valence-electron chi connectivity index (χ3n) is 1.21. The highest BCUT2D eigenvalue weighted by molar-refractivity contribution is 5.77. The SMILES string of the molecule is CCCNC(=O)NNC(=O)OC(C)(C)C. The van der Waals surface area contributed by atoms with Crippen LogP contribution in [0.25, 0.3) is 0 Å². The quantitative estimate of drug-likeness (QED) is 0.607. The standard InChI is InChI=1S/C9H19N3O3/c1-5-6-10-7(13)11-12-8(14)15-9(2,3)4/h5-6H2,1-4H3,(H,12,14)(H2,10,11,13). The van der Waals surface area contributed by atoms with Gasteiger partial charge in [0.1, 0.15) is 5.60 Å². The molecule has 0 spiro atoms. The Bertz CT molecular complexity index is 223. The van der Waals surface area contributed by atoms with Crippen molar-refractivity contribution in [2.75, 3.05) is 6.54 Å². The topological polar surface area (TPSA) is 79.5 Å². The first-order valence-corrected chi connectivity index (χ1v) is 4.88. The Morgan fingerprint density at radius 3 is 2.27 bits per heavy atom. The normalized spacial score (nSPS) is 10.4. The van der Waals surface area contributed by atoms with Gasteiger partial charge in [0.15, 0.2) is 0 Å². The molecule has 0 rings (SSSR count). The minimum Gasteiger partial charge on any atom is -0.443 e. The van der Waals surface area contributed by atoms with E-state index in [9.17, 15) is 9.59 Å². The van der Waals surface area contributed by atoms with Gasteiger partial charge in [-0.3, -0.25) is 0 Å². The van der Waals surface area contributed by atoms with Crippen LogP contribution in [0.15, 0.2) is 0 Å². The van der Waals surface area contributed by atoms with E-state index in [2.05, 4.69) is 16.2 Å². The van der Waals surface area contributed by atoms with Crippen LogP contribution < -0.4 is 16.2 Å². The zero-order chi connectivity index (χ0) is 11.9. The Morgan fingerprint density at radius 2 is 1.80 bits per heavy atom. The van der Waals surface area contributed by atoms with Crippen molar-refractivity contribution in [1.82, 2.24) is 16.2 Å². The van der Waals surface area contributed by atoms with Crippen molar-refractivity contribution in [1.29, 1.82) is 0 Å². The van der Waals surface area contributed by atoms with Crippen molar-refractivity contribution in [3.8, 4) is 0 Å². The molecule has 6 nitrogen and oxygen atoms in total. The maximum absolute atomic E-state index is 11.1. The number of urea groups is 1. The van der Waals surface area contributed by atoms with E-state index in [1.165, 1.54) is 0 Å². The number of hydrogen-bond acceptors (Lipinski definition) is 3. The Hall–Kier alpha value is -1.46. The number of carbonyl (C=O) groups excluding carboxylic acids is 2. The van der Waals surface area contributed by atoms with E-state index in [4.69, 9.17) is 4.74 Å². The molecule has 0 aliphatic heterocycles. The molecule has 3 amide bonds. The van der Waals surface area contributed by atoms with Gasteiger partial charge in [0.05, 0.1) is 0 Å². The molecule has 0 aromatic rings. The molecule has 0 atom stereocenters. The molecule has 0 aromatic carbocycles. The summed E-state index contributed by atoms with van der Waals surface area (Å²) in [5, 5.41) is 2.53. The lowest BCUT2D eigenvalue weighted by atomic mass is 10.2. The predicted molar refractivity (Wildman–Crippen MR) is 56.2 cm³/mol. The molecule has 0 aliphatic carbocycles. The minimum atomic E-state index is -0.686. The summed E-state index contributed by atoms with van der Waals surface area (Å²) < 4.78 is 4.90. The van der Waals surface area contributed by atoms with E-state index in [0.29, 0.717) is 6.54 Å². The fourth-order valence-corrected chi connectivity index (χ4v) is 0.694. The van der Waals surface area contributed by atoms with Crippen LogP contribution in [0.1, 0.15) is 34.1 Å². The lowest BCUT2D eigenvalue weighted by Crippen LogP contribution is -2.48. The van der Waals surface area contributed by atoms with Crippen molar-refractivity contribution >= 4 is 12.1 Å². The van der Waals surface area contributed by atoms with Gasteiger partial charge in [0, 0.05) is 6.54 Å². The van der Waals surface area contributed by atoms with E-state index in [0.717, 1.165) is 6.42 Å². The van der Waals surface area contributed by atoms with Crippen molar-refractivity contribution in [3.05, 3.63) is 0 Å². The summed E-state index contributed by atoms with van der Waals surface area (Å²) in [6.07, 6.45) is 0.147. The van der Waals surface area contributed by atoms with Crippen LogP contribution in [0.4, 0.5) is 9.59 Å². The molecule has 0 unspecified atom stereocenters. The van der Waals surface area contributed by atoms with Gasteiger partial charge in [-0.05, 0) is 27.2 Å². The lowest BCUT2D eigenvalue weighted by Gasteiger charge is -2.19. The van der Waals surface area contributed by atoms with Crippen molar-refractivity contribution in [2.24, 2.45) is 0 Å². The van der Waals surface area contributed by atoms with Gasteiger partial charge in [-0.25, -0.2) is 20.4 Å². The number of hydrazine groups is 1. The van der Waals surface area contributed by atoms with Crippen molar-refractivity contribution in [2.45, 2.75) is 39.7 Å². The number of nitrogens with one attached hydrogen (secondary N) is 3. The van der Waals surface area contributed by atoms with E-state index < -0.39 is 17.7 Å². The average Bonchev–Trinajstić information content (AvgIpc) is 2.08. The molecule has 0 radical (unpaired) electrons. The lowest BCUT2D eigenvalue weighted by molar-refractivity contribution is 0.0505. The number of amides is 3. The number of hydrogen-bond donors (Lipinski definition) is 3. The molecule has 15 heavy (non-hydrogen) atoms. The third-order valence-corrected chi connectivity index (χ3v) is 1.21. The zero-order valence-corrected chi connectivity index (χ0v) is 9.64. The van der Waals surface area contributed by atoms with Crippen LogP contribution in [-0.2, 0) is 4.74 Å². The molecule has 0 saturated heterocycles. The summed E-state index contributed by atoms with van der Waals surface area (Å²) in [7, 11) is 0. The molecule has 0 aromatic heterocycles. The maximum atomic E-state index is 11.1. The van der Waals surface area contributed by atoms with Gasteiger partial charge in [-0.2, -0.15) is 0 Å². The smallest absolute Gasteiger partial charge is 0.426 e. The summed E-state index contributed by atoms with van der Waals surface area (Å²) in [6, 6.07) is -0.456. The van der Waals surface area contributed by atoms with Crippen LogP contribution >= 0.6 is 0 Å². The Kier molecular flexibility index (Phi) is 5.51. The number of rotatable bonds is 2. The molecule has 0 fully saturated rings. The molecular formula is C9H19N3O3. The van der Waals surface area contributed by atoms with Gasteiger partial charge < -0.3 is 10.1 Å². The predicted octanol–water partition coefficient (Wildman–Crippen LogP) is 1.14. The monoisotopic (exact) mass is 217 g/mol. The van der Waals surface area contributed by atoms with Crippen LogP contribution in [0, 0.1) is 0 Å². The second-order valence-corrected chi connectivity index (χ2v) is 4.01. The van der Waals surface area contributed by atoms with Crippen molar-refractivity contribution in [3.63, 3.8) is 0 Å². The molecular weight excluding hydrogens is 198 g/mol. The Morgan fingerprint density at radius 1 is 1.20 bits per heavy atom. The van der Waals surface area contributed by atoms with Gasteiger partial charge >= 0.3 is 12.1 Å². The second-order valence-electron chi connectivity index (χ2n) is 4.01. The van der Waals surface area contributed by atoms with Crippen LogP contribution in [-0.4, -0.2) is 24.3 Å². The van der Waals surface area contributed by atoms with E-state index in [1.54, 1.807) is 20.8 Å². The summed E-state index contributed by atoms with van der Waals surface area (Å²) >= 11 is 0. The molecule has 88 valence electrons. The van der Waals surface area contributed by atoms with Gasteiger partial charge in [-0.1, -0.05) is 6.92 Å². The summed E-state index contributed by atoms with van der Waals surface area (Å²) in [5.41, 5.74) is 3.71. The van der Waals surface area contributed by atoms with E-state index in [1.807, 2.05) is 6.92 Å². The van der Waals surface area contributed by atoms with E-state index in [-0.39, 0.29) is 0 Å². The molecule has 0 aliphatic rings. The second kappa shape index (κ2) is 6.10. The van der Waals surface area contributed by atoms with Crippen LogP contribution in [0.5, 0.6) is 0 Å². The molecule has 6 heteroatoms. The highest BCUT2D eigenvalue weighted by Crippen LogP contribution is 2.05. The number of carbonyl (C=O) groups is 2. The van der Waals surface area contributed by atoms with Gasteiger partial charge in [0.2, 0.25) is 0 Å². The van der Waals surface area contributed by atoms with Crippen molar-refractivity contribution < 1.29 is 14.3 Å². The van der Waals surface area contributed by atoms with Crippen LogP contribution in [0.3, 0.4) is 0 Å². The number of ether oxygens (including phenoxy) is 1. The van der Waals surface area contributed by atoms with Crippen LogP contribution in [0.2, 0.25) is 0 Å². The van der Waals surface area contributed by atoms with E-state index >= 15 is 0 Å². The fourth-order valence-electron chi connectivity index (χ4n) is 0.694. The molecule has 0 heterocycles.